The summed E-state index contributed by atoms with van der Waals surface area (Å²) in [6.45, 7) is 0. The van der Waals surface area contributed by atoms with Crippen LogP contribution < -0.4 is 4.74 Å². The summed E-state index contributed by atoms with van der Waals surface area (Å²) in [7, 11) is 0. The SMILES string of the molecule is O=C(c1ccc(OC2CC2)cc1)c1cc(I)ccc1Br. The molecule has 102 valence electrons. The van der Waals surface area contributed by atoms with Gasteiger partial charge in [-0.25, -0.2) is 0 Å². The maximum absolute atomic E-state index is 12.5. The molecule has 1 saturated carbocycles. The van der Waals surface area contributed by atoms with Crippen LogP contribution in [0.2, 0.25) is 0 Å². The third kappa shape index (κ3) is 3.23. The van der Waals surface area contributed by atoms with Crippen molar-refractivity contribution in [1.82, 2.24) is 0 Å². The Morgan fingerprint density at radius 1 is 1.15 bits per heavy atom. The number of carbonyl (C=O) groups is 1. The van der Waals surface area contributed by atoms with Gasteiger partial charge in [-0.1, -0.05) is 15.9 Å². The predicted octanol–water partition coefficient (Wildman–Crippen LogP) is 4.83. The zero-order chi connectivity index (χ0) is 14.1. The molecule has 1 aliphatic carbocycles. The lowest BCUT2D eigenvalue weighted by atomic mass is 10.0. The molecule has 2 aromatic carbocycles. The van der Waals surface area contributed by atoms with E-state index in [9.17, 15) is 4.79 Å². The minimum Gasteiger partial charge on any atom is -0.490 e. The molecule has 0 saturated heterocycles. The van der Waals surface area contributed by atoms with Gasteiger partial charge < -0.3 is 4.74 Å². The summed E-state index contributed by atoms with van der Waals surface area (Å²) in [5.41, 5.74) is 1.36. The number of ether oxygens (including phenoxy) is 1. The summed E-state index contributed by atoms with van der Waals surface area (Å²) < 4.78 is 7.55. The van der Waals surface area contributed by atoms with E-state index < -0.39 is 0 Å². The molecule has 1 aliphatic rings. The van der Waals surface area contributed by atoms with E-state index in [1.807, 2.05) is 42.5 Å². The fourth-order valence-corrected chi connectivity index (χ4v) is 2.81. The quantitative estimate of drug-likeness (QED) is 0.501. The summed E-state index contributed by atoms with van der Waals surface area (Å²) in [6, 6.07) is 13.1. The second kappa shape index (κ2) is 5.85. The molecule has 1 fully saturated rings. The molecule has 0 aromatic heterocycles. The van der Waals surface area contributed by atoms with Crippen molar-refractivity contribution in [2.24, 2.45) is 0 Å². The number of ketones is 1. The number of rotatable bonds is 4. The van der Waals surface area contributed by atoms with Crippen molar-refractivity contribution in [2.75, 3.05) is 0 Å². The molecular formula is C16H12BrIO2. The number of carbonyl (C=O) groups excluding carboxylic acids is 1. The van der Waals surface area contributed by atoms with E-state index in [1.165, 1.54) is 0 Å². The molecular weight excluding hydrogens is 431 g/mol. The summed E-state index contributed by atoms with van der Waals surface area (Å²) in [6.07, 6.45) is 2.65. The average molecular weight is 443 g/mol. The number of benzene rings is 2. The summed E-state index contributed by atoms with van der Waals surface area (Å²) in [5.74, 6) is 0.860. The molecule has 20 heavy (non-hydrogen) atoms. The molecule has 4 heteroatoms. The Morgan fingerprint density at radius 2 is 1.85 bits per heavy atom. The van der Waals surface area contributed by atoms with Crippen molar-refractivity contribution in [1.29, 1.82) is 0 Å². The van der Waals surface area contributed by atoms with Crippen LogP contribution >= 0.6 is 38.5 Å². The molecule has 2 nitrogen and oxygen atoms in total. The normalized spacial score (nSPS) is 14.1. The fraction of sp³-hybridized carbons (Fsp3) is 0.188. The summed E-state index contributed by atoms with van der Waals surface area (Å²) in [4.78, 5) is 12.5. The van der Waals surface area contributed by atoms with Crippen LogP contribution in [0.3, 0.4) is 0 Å². The van der Waals surface area contributed by atoms with Gasteiger partial charge in [0.25, 0.3) is 0 Å². The van der Waals surface area contributed by atoms with Crippen LogP contribution in [0.15, 0.2) is 46.9 Å². The summed E-state index contributed by atoms with van der Waals surface area (Å²) >= 11 is 5.64. The van der Waals surface area contributed by atoms with Gasteiger partial charge in [0.05, 0.1) is 6.10 Å². The van der Waals surface area contributed by atoms with Crippen LogP contribution in [-0.4, -0.2) is 11.9 Å². The number of hydrogen-bond donors (Lipinski definition) is 0. The molecule has 0 unspecified atom stereocenters. The molecule has 0 heterocycles. The van der Waals surface area contributed by atoms with Crippen LogP contribution in [0.1, 0.15) is 28.8 Å². The van der Waals surface area contributed by atoms with Crippen molar-refractivity contribution in [2.45, 2.75) is 18.9 Å². The van der Waals surface area contributed by atoms with Crippen molar-refractivity contribution >= 4 is 44.3 Å². The predicted molar refractivity (Wildman–Crippen MR) is 90.4 cm³/mol. The average Bonchev–Trinajstić information content (AvgIpc) is 3.26. The Labute approximate surface area is 139 Å². The van der Waals surface area contributed by atoms with Gasteiger partial charge >= 0.3 is 0 Å². The summed E-state index contributed by atoms with van der Waals surface area (Å²) in [5, 5.41) is 0. The van der Waals surface area contributed by atoms with E-state index in [0.29, 0.717) is 17.2 Å². The number of hydrogen-bond acceptors (Lipinski definition) is 2. The standard InChI is InChI=1S/C16H12BrIO2/c17-15-8-3-11(18)9-14(15)16(19)10-1-4-12(5-2-10)20-13-6-7-13/h1-5,8-9,13H,6-7H2. The second-order valence-electron chi connectivity index (χ2n) is 4.79. The van der Waals surface area contributed by atoms with Gasteiger partial charge in [-0.15, -0.1) is 0 Å². The molecule has 0 radical (unpaired) electrons. The smallest absolute Gasteiger partial charge is 0.194 e. The zero-order valence-electron chi connectivity index (χ0n) is 10.6. The highest BCUT2D eigenvalue weighted by molar-refractivity contribution is 14.1. The first-order valence-electron chi connectivity index (χ1n) is 6.40. The third-order valence-electron chi connectivity index (χ3n) is 3.12. The highest BCUT2D eigenvalue weighted by atomic mass is 127. The molecule has 2 aromatic rings. The van der Waals surface area contributed by atoms with Crippen LogP contribution in [0, 0.1) is 3.57 Å². The van der Waals surface area contributed by atoms with Gasteiger partial charge in [-0.3, -0.25) is 4.79 Å². The van der Waals surface area contributed by atoms with E-state index in [-0.39, 0.29) is 5.78 Å². The highest BCUT2D eigenvalue weighted by Gasteiger charge is 2.23. The second-order valence-corrected chi connectivity index (χ2v) is 6.89. The molecule has 0 atom stereocenters. The Balaban J connectivity index is 1.83. The molecule has 0 spiro atoms. The van der Waals surface area contributed by atoms with Crippen LogP contribution in [0.25, 0.3) is 0 Å². The van der Waals surface area contributed by atoms with Crippen LogP contribution in [-0.2, 0) is 0 Å². The first kappa shape index (κ1) is 14.1. The van der Waals surface area contributed by atoms with Crippen LogP contribution in [0.4, 0.5) is 0 Å². The largest absolute Gasteiger partial charge is 0.490 e. The lowest BCUT2D eigenvalue weighted by molar-refractivity contribution is 0.103. The molecule has 3 rings (SSSR count). The monoisotopic (exact) mass is 442 g/mol. The number of halogens is 2. The first-order valence-corrected chi connectivity index (χ1v) is 8.27. The first-order chi connectivity index (χ1) is 9.63. The molecule has 0 aliphatic heterocycles. The maximum Gasteiger partial charge on any atom is 0.194 e. The van der Waals surface area contributed by atoms with E-state index in [2.05, 4.69) is 38.5 Å². The van der Waals surface area contributed by atoms with Crippen molar-refractivity contribution < 1.29 is 9.53 Å². The highest BCUT2D eigenvalue weighted by Crippen LogP contribution is 2.28. The lowest BCUT2D eigenvalue weighted by Gasteiger charge is -2.07. The topological polar surface area (TPSA) is 26.3 Å². The Bertz CT molecular complexity index is 648. The van der Waals surface area contributed by atoms with Gasteiger partial charge in [0, 0.05) is 19.2 Å². The van der Waals surface area contributed by atoms with Gasteiger partial charge in [-0.05, 0) is 77.9 Å². The molecule has 0 amide bonds. The van der Waals surface area contributed by atoms with E-state index in [0.717, 1.165) is 26.6 Å². The molecule has 0 N–H and O–H groups in total. The van der Waals surface area contributed by atoms with Gasteiger partial charge in [0.15, 0.2) is 5.78 Å². The van der Waals surface area contributed by atoms with E-state index in [1.54, 1.807) is 0 Å². The Hall–Kier alpha value is -0.880. The van der Waals surface area contributed by atoms with E-state index in [4.69, 9.17) is 4.74 Å². The van der Waals surface area contributed by atoms with Crippen molar-refractivity contribution in [3.05, 3.63) is 61.6 Å². The Morgan fingerprint density at radius 3 is 2.50 bits per heavy atom. The minimum atomic E-state index is 0.0216. The van der Waals surface area contributed by atoms with Gasteiger partial charge in [0.1, 0.15) is 5.75 Å². The van der Waals surface area contributed by atoms with Crippen molar-refractivity contribution in [3.63, 3.8) is 0 Å². The zero-order valence-corrected chi connectivity index (χ0v) is 14.3. The minimum absolute atomic E-state index is 0.0216. The van der Waals surface area contributed by atoms with E-state index >= 15 is 0 Å². The van der Waals surface area contributed by atoms with Gasteiger partial charge in [0.2, 0.25) is 0 Å². The Kier molecular flexibility index (Phi) is 4.12. The molecule has 0 bridgehead atoms. The van der Waals surface area contributed by atoms with Crippen molar-refractivity contribution in [3.8, 4) is 5.75 Å². The van der Waals surface area contributed by atoms with Crippen LogP contribution in [0.5, 0.6) is 5.75 Å². The fourth-order valence-electron chi connectivity index (χ4n) is 1.89. The van der Waals surface area contributed by atoms with Gasteiger partial charge in [-0.2, -0.15) is 0 Å². The maximum atomic E-state index is 12.5. The lowest BCUT2D eigenvalue weighted by Crippen LogP contribution is -2.03. The third-order valence-corrected chi connectivity index (χ3v) is 4.48.